The number of aromatic nitrogens is 2. The van der Waals surface area contributed by atoms with Crippen molar-refractivity contribution in [3.05, 3.63) is 30.1 Å². The topological polar surface area (TPSA) is 70.2 Å². The summed E-state index contributed by atoms with van der Waals surface area (Å²) < 4.78 is 39.5. The van der Waals surface area contributed by atoms with Crippen LogP contribution in [0.25, 0.3) is 10.9 Å². The predicted molar refractivity (Wildman–Crippen MR) is 133 cm³/mol. The number of nitrogens with one attached hydrogen (secondary N) is 2. The number of anilines is 1. The van der Waals surface area contributed by atoms with E-state index in [0.29, 0.717) is 24.5 Å². The lowest BCUT2D eigenvalue weighted by Crippen LogP contribution is -2.49. The molecule has 1 amide bonds. The Hall–Kier alpha value is -2.42. The third-order valence-corrected chi connectivity index (χ3v) is 6.29. The SMILES string of the molecule is CC(C)(C)NC1CCC(N2CCC(Nc3ncnc4ccc(C(F)(F)F)cc34)C2=O)CC1.CCC. The number of rotatable bonds is 4. The molecule has 0 bridgehead atoms. The lowest BCUT2D eigenvalue weighted by Gasteiger charge is -2.37. The van der Waals surface area contributed by atoms with E-state index in [-0.39, 0.29) is 28.7 Å². The van der Waals surface area contributed by atoms with Crippen LogP contribution in [0.5, 0.6) is 0 Å². The van der Waals surface area contributed by atoms with Crippen LogP contribution < -0.4 is 10.6 Å². The first kappa shape index (κ1) is 27.2. The highest BCUT2D eigenvalue weighted by atomic mass is 19.4. The number of fused-ring (bicyclic) bond motifs is 1. The van der Waals surface area contributed by atoms with Gasteiger partial charge in [0, 0.05) is 29.6 Å². The number of alkyl halides is 3. The van der Waals surface area contributed by atoms with E-state index >= 15 is 0 Å². The van der Waals surface area contributed by atoms with E-state index in [1.54, 1.807) is 0 Å². The van der Waals surface area contributed by atoms with Gasteiger partial charge in [0.2, 0.25) is 5.91 Å². The molecule has 1 aromatic carbocycles. The Morgan fingerprint density at radius 1 is 1.03 bits per heavy atom. The van der Waals surface area contributed by atoms with E-state index in [1.807, 2.05) is 4.90 Å². The Bertz CT molecular complexity index is 997. The van der Waals surface area contributed by atoms with Crippen molar-refractivity contribution in [2.75, 3.05) is 11.9 Å². The zero-order valence-corrected chi connectivity index (χ0v) is 21.4. The number of likely N-dealkylation sites (tertiary alicyclic amines) is 1. The van der Waals surface area contributed by atoms with E-state index in [1.165, 1.54) is 18.8 Å². The number of amides is 1. The van der Waals surface area contributed by atoms with Crippen LogP contribution in [0.4, 0.5) is 19.0 Å². The molecule has 1 unspecified atom stereocenters. The molecular weight excluding hydrogens is 455 g/mol. The van der Waals surface area contributed by atoms with Crippen LogP contribution in [0, 0.1) is 0 Å². The van der Waals surface area contributed by atoms with Crippen molar-refractivity contribution in [1.82, 2.24) is 20.2 Å². The Morgan fingerprint density at radius 3 is 2.29 bits per heavy atom. The van der Waals surface area contributed by atoms with Crippen molar-refractivity contribution in [2.24, 2.45) is 0 Å². The Morgan fingerprint density at radius 2 is 1.69 bits per heavy atom. The summed E-state index contributed by atoms with van der Waals surface area (Å²) in [6.07, 6.45) is 2.67. The molecule has 6 nitrogen and oxygen atoms in total. The Kier molecular flexibility index (Phi) is 8.62. The van der Waals surface area contributed by atoms with Crippen molar-refractivity contribution >= 4 is 22.6 Å². The number of carbonyl (C=O) groups excluding carboxylic acids is 1. The van der Waals surface area contributed by atoms with Gasteiger partial charge in [-0.25, -0.2) is 9.97 Å². The number of benzene rings is 1. The Balaban J connectivity index is 0.00000108. The minimum Gasteiger partial charge on any atom is -0.358 e. The molecule has 1 aromatic heterocycles. The van der Waals surface area contributed by atoms with Crippen molar-refractivity contribution < 1.29 is 18.0 Å². The maximum atomic E-state index is 13.2. The molecular formula is C26H38F3N5O. The maximum absolute atomic E-state index is 13.2. The summed E-state index contributed by atoms with van der Waals surface area (Å²) in [6, 6.07) is 3.57. The second kappa shape index (κ2) is 11.1. The van der Waals surface area contributed by atoms with Crippen LogP contribution in [0.1, 0.15) is 78.7 Å². The highest BCUT2D eigenvalue weighted by Gasteiger charge is 2.38. The van der Waals surface area contributed by atoms with Gasteiger partial charge >= 0.3 is 6.18 Å². The summed E-state index contributed by atoms with van der Waals surface area (Å²) >= 11 is 0. The molecule has 1 atom stereocenters. The molecule has 35 heavy (non-hydrogen) atoms. The van der Waals surface area contributed by atoms with Crippen molar-refractivity contribution in [2.45, 2.75) is 103 Å². The van der Waals surface area contributed by atoms with Crippen LogP contribution in [0.2, 0.25) is 0 Å². The first-order valence-corrected chi connectivity index (χ1v) is 12.6. The summed E-state index contributed by atoms with van der Waals surface area (Å²) in [7, 11) is 0. The molecule has 2 fully saturated rings. The van der Waals surface area contributed by atoms with Gasteiger partial charge in [0.25, 0.3) is 0 Å². The molecule has 1 saturated heterocycles. The molecule has 4 rings (SSSR count). The minimum absolute atomic E-state index is 0.00373. The van der Waals surface area contributed by atoms with Crippen LogP contribution in [-0.2, 0) is 11.0 Å². The van der Waals surface area contributed by atoms with Gasteiger partial charge in [0.05, 0.1) is 11.1 Å². The van der Waals surface area contributed by atoms with Crippen molar-refractivity contribution in [3.8, 4) is 0 Å². The molecule has 1 saturated carbocycles. The Labute approximate surface area is 206 Å². The fourth-order valence-electron chi connectivity index (χ4n) is 4.86. The van der Waals surface area contributed by atoms with E-state index in [4.69, 9.17) is 0 Å². The van der Waals surface area contributed by atoms with Crippen LogP contribution >= 0.6 is 0 Å². The molecule has 2 aliphatic rings. The van der Waals surface area contributed by atoms with Gasteiger partial charge < -0.3 is 15.5 Å². The number of nitrogens with zero attached hydrogens (tertiary/aromatic N) is 3. The molecule has 2 heterocycles. The lowest BCUT2D eigenvalue weighted by molar-refractivity contribution is -0.137. The number of hydrogen-bond acceptors (Lipinski definition) is 5. The van der Waals surface area contributed by atoms with E-state index in [9.17, 15) is 18.0 Å². The first-order valence-electron chi connectivity index (χ1n) is 12.6. The van der Waals surface area contributed by atoms with Gasteiger partial charge in [-0.3, -0.25) is 4.79 Å². The van der Waals surface area contributed by atoms with Gasteiger partial charge in [-0.15, -0.1) is 0 Å². The number of halogens is 3. The van der Waals surface area contributed by atoms with E-state index in [2.05, 4.69) is 55.2 Å². The fraction of sp³-hybridized carbons (Fsp3) is 0.654. The zero-order valence-electron chi connectivity index (χ0n) is 21.4. The molecule has 2 N–H and O–H groups in total. The monoisotopic (exact) mass is 493 g/mol. The maximum Gasteiger partial charge on any atom is 0.416 e. The predicted octanol–water partition coefficient (Wildman–Crippen LogP) is 5.78. The molecule has 1 aliphatic heterocycles. The first-order chi connectivity index (χ1) is 16.4. The standard InChI is InChI=1S/C23H30F3N5O.C3H8/c1-22(2,3)30-15-5-7-16(8-6-15)31-11-10-19(21(31)32)29-20-17-12-14(23(24,25)26)4-9-18(17)27-13-28-20;1-3-2/h4,9,12-13,15-16,19,30H,5-8,10-11H2,1-3H3,(H,27,28,29);3H2,1-2H3. The quantitative estimate of drug-likeness (QED) is 0.565. The average molecular weight is 494 g/mol. The molecule has 194 valence electrons. The molecule has 9 heteroatoms. The van der Waals surface area contributed by atoms with Gasteiger partial charge in [-0.05, 0) is 71.1 Å². The highest BCUT2D eigenvalue weighted by molar-refractivity contribution is 5.93. The smallest absolute Gasteiger partial charge is 0.358 e. The lowest BCUT2D eigenvalue weighted by atomic mass is 9.89. The minimum atomic E-state index is -4.46. The summed E-state index contributed by atoms with van der Waals surface area (Å²) in [6.45, 7) is 11.4. The zero-order chi connectivity index (χ0) is 25.8. The molecule has 0 spiro atoms. The summed E-state index contributed by atoms with van der Waals surface area (Å²) in [5.74, 6) is 0.260. The number of hydrogen-bond donors (Lipinski definition) is 2. The summed E-state index contributed by atoms with van der Waals surface area (Å²) in [4.78, 5) is 23.2. The van der Waals surface area contributed by atoms with Gasteiger partial charge in [-0.1, -0.05) is 20.3 Å². The van der Waals surface area contributed by atoms with Gasteiger partial charge in [-0.2, -0.15) is 13.2 Å². The van der Waals surface area contributed by atoms with Crippen LogP contribution in [-0.4, -0.2) is 51.0 Å². The van der Waals surface area contributed by atoms with Gasteiger partial charge in [0.15, 0.2) is 0 Å². The normalized spacial score (nSPS) is 23.3. The second-order valence-corrected chi connectivity index (χ2v) is 10.6. The van der Waals surface area contributed by atoms with Crippen LogP contribution in [0.3, 0.4) is 0 Å². The van der Waals surface area contributed by atoms with Crippen molar-refractivity contribution in [3.63, 3.8) is 0 Å². The highest BCUT2D eigenvalue weighted by Crippen LogP contribution is 2.33. The molecule has 0 radical (unpaired) electrons. The largest absolute Gasteiger partial charge is 0.416 e. The molecule has 1 aliphatic carbocycles. The number of carbonyl (C=O) groups is 1. The third kappa shape index (κ3) is 7.06. The third-order valence-electron chi connectivity index (χ3n) is 6.29. The van der Waals surface area contributed by atoms with E-state index in [0.717, 1.165) is 37.8 Å². The van der Waals surface area contributed by atoms with E-state index < -0.39 is 17.8 Å². The van der Waals surface area contributed by atoms with Crippen LogP contribution in [0.15, 0.2) is 24.5 Å². The fourth-order valence-corrected chi connectivity index (χ4v) is 4.86. The van der Waals surface area contributed by atoms with Crippen molar-refractivity contribution in [1.29, 1.82) is 0 Å². The second-order valence-electron chi connectivity index (χ2n) is 10.6. The summed E-state index contributed by atoms with van der Waals surface area (Å²) in [5.41, 5.74) is -0.284. The average Bonchev–Trinajstić information content (AvgIpc) is 3.13. The summed E-state index contributed by atoms with van der Waals surface area (Å²) in [5, 5.41) is 7.01. The molecule has 2 aromatic rings. The van der Waals surface area contributed by atoms with Gasteiger partial charge in [0.1, 0.15) is 18.2 Å².